The summed E-state index contributed by atoms with van der Waals surface area (Å²) in [4.78, 5) is 2.81. The van der Waals surface area contributed by atoms with Crippen LogP contribution in [-0.2, 0) is 21.8 Å². The first kappa shape index (κ1) is 27.9. The van der Waals surface area contributed by atoms with E-state index in [0.29, 0.717) is 0 Å². The normalized spacial score (nSPS) is 20.4. The molecule has 0 amide bonds. The van der Waals surface area contributed by atoms with E-state index in [2.05, 4.69) is 159 Å². The van der Waals surface area contributed by atoms with Gasteiger partial charge in [-0.3, -0.25) is 0 Å². The molecule has 0 saturated carbocycles. The van der Waals surface area contributed by atoms with Crippen molar-refractivity contribution < 1.29 is 9.13 Å². The maximum absolute atomic E-state index is 2.69. The highest BCUT2D eigenvalue weighted by atomic mass is 32.2. The second-order valence-electron chi connectivity index (χ2n) is 16.5. The van der Waals surface area contributed by atoms with E-state index in [1.807, 2.05) is 11.8 Å². The van der Waals surface area contributed by atoms with Gasteiger partial charge in [0, 0.05) is 12.1 Å². The average Bonchev–Trinajstić information content (AvgIpc) is 3.65. The van der Waals surface area contributed by atoms with E-state index in [-0.39, 0.29) is 16.2 Å². The van der Waals surface area contributed by atoms with Crippen molar-refractivity contribution in [3.05, 3.63) is 131 Å². The Morgan fingerprint density at radius 3 is 2.28 bits per heavy atom. The highest BCUT2D eigenvalue weighted by Crippen LogP contribution is 2.60. The molecule has 232 valence electrons. The van der Waals surface area contributed by atoms with Crippen LogP contribution in [0, 0.1) is 0 Å². The molecule has 4 aromatic carbocycles. The van der Waals surface area contributed by atoms with Crippen LogP contribution < -0.4 is 9.13 Å². The lowest BCUT2D eigenvalue weighted by Crippen LogP contribution is -2.57. The topological polar surface area (TPSA) is 12.7 Å². The molecule has 6 aromatic rings. The molecule has 1 unspecified atom stereocenters. The van der Waals surface area contributed by atoms with Crippen LogP contribution >= 0.6 is 11.8 Å². The molecule has 1 aliphatic carbocycles. The minimum absolute atomic E-state index is 0.0861. The number of imidazole rings is 1. The van der Waals surface area contributed by atoms with Crippen molar-refractivity contribution in [2.75, 3.05) is 0 Å². The van der Waals surface area contributed by atoms with Crippen LogP contribution in [0.5, 0.6) is 0 Å². The Labute approximate surface area is 281 Å². The van der Waals surface area contributed by atoms with Gasteiger partial charge in [-0.2, -0.15) is 13.7 Å². The van der Waals surface area contributed by atoms with E-state index in [9.17, 15) is 0 Å². The molecule has 5 heterocycles. The molecule has 10 rings (SSSR count). The zero-order chi connectivity index (χ0) is 32.2. The summed E-state index contributed by atoms with van der Waals surface area (Å²) in [6, 6.07) is 34.9. The molecule has 47 heavy (non-hydrogen) atoms. The predicted molar refractivity (Wildman–Crippen MR) is 190 cm³/mol. The summed E-state index contributed by atoms with van der Waals surface area (Å²) in [5, 5.41) is 0. The summed E-state index contributed by atoms with van der Waals surface area (Å²) >= 11 is 2.02. The fraction of sp³-hybridized carbons (Fsp3) is 0.302. The Morgan fingerprint density at radius 1 is 0.745 bits per heavy atom. The van der Waals surface area contributed by atoms with Gasteiger partial charge in [-0.1, -0.05) is 96.6 Å². The van der Waals surface area contributed by atoms with Gasteiger partial charge in [-0.05, 0) is 88.2 Å². The van der Waals surface area contributed by atoms with Crippen LogP contribution in [0.1, 0.15) is 94.9 Å². The molecule has 1 spiro atoms. The molecular weight excluding hydrogens is 591 g/mol. The lowest BCUT2D eigenvalue weighted by atomic mass is 9.62. The van der Waals surface area contributed by atoms with E-state index >= 15 is 0 Å². The van der Waals surface area contributed by atoms with Gasteiger partial charge in [-0.15, -0.1) is 0 Å². The lowest BCUT2D eigenvalue weighted by Gasteiger charge is -2.43. The molecular formula is C43H41N3S+2. The maximum Gasteiger partial charge on any atom is 0.352 e. The summed E-state index contributed by atoms with van der Waals surface area (Å²) in [6.45, 7) is 16.8. The first-order valence-corrected chi connectivity index (χ1v) is 18.0. The highest BCUT2D eigenvalue weighted by Gasteiger charge is 2.69. The molecule has 0 N–H and O–H groups in total. The molecule has 3 nitrogen and oxygen atoms in total. The van der Waals surface area contributed by atoms with E-state index < -0.39 is 5.54 Å². The first-order chi connectivity index (χ1) is 22.4. The molecule has 0 bridgehead atoms. The number of pyridine rings is 1. The van der Waals surface area contributed by atoms with Gasteiger partial charge in [0.05, 0.1) is 26.5 Å². The van der Waals surface area contributed by atoms with Crippen LogP contribution in [0.4, 0.5) is 0 Å². The number of fused-ring (bicyclic) bond motifs is 9. The van der Waals surface area contributed by atoms with Gasteiger partial charge in [0.15, 0.2) is 22.9 Å². The van der Waals surface area contributed by atoms with Crippen molar-refractivity contribution in [3.63, 3.8) is 0 Å². The number of nitrogens with zero attached hydrogens (tertiary/aromatic N) is 3. The zero-order valence-electron chi connectivity index (χ0n) is 28.4. The molecule has 0 saturated heterocycles. The third-order valence-electron chi connectivity index (χ3n) is 11.9. The average molecular weight is 632 g/mol. The molecule has 1 atom stereocenters. The second-order valence-corrected chi connectivity index (χ2v) is 17.6. The highest BCUT2D eigenvalue weighted by molar-refractivity contribution is 7.99. The van der Waals surface area contributed by atoms with Gasteiger partial charge >= 0.3 is 11.4 Å². The monoisotopic (exact) mass is 631 g/mol. The molecule has 4 aliphatic rings. The molecule has 2 aromatic heterocycles. The van der Waals surface area contributed by atoms with Crippen molar-refractivity contribution in [2.24, 2.45) is 0 Å². The minimum Gasteiger partial charge on any atom is -0.185 e. The zero-order valence-corrected chi connectivity index (χ0v) is 29.2. The fourth-order valence-electron chi connectivity index (χ4n) is 9.41. The quantitative estimate of drug-likeness (QED) is 0.165. The summed E-state index contributed by atoms with van der Waals surface area (Å²) in [5.41, 5.74) is 14.7. The summed E-state index contributed by atoms with van der Waals surface area (Å²) in [6.07, 6.45) is 4.72. The Morgan fingerprint density at radius 2 is 1.49 bits per heavy atom. The lowest BCUT2D eigenvalue weighted by molar-refractivity contribution is -0.733. The summed E-state index contributed by atoms with van der Waals surface area (Å²) < 4.78 is 7.89. The summed E-state index contributed by atoms with van der Waals surface area (Å²) in [7, 11) is 0. The number of para-hydroxylation sites is 1. The molecule has 0 fully saturated rings. The van der Waals surface area contributed by atoms with Gasteiger partial charge in [-0.25, -0.2) is 0 Å². The fourth-order valence-corrected chi connectivity index (χ4v) is 10.9. The van der Waals surface area contributed by atoms with Crippen LogP contribution in [0.3, 0.4) is 0 Å². The van der Waals surface area contributed by atoms with E-state index in [1.165, 1.54) is 84.4 Å². The van der Waals surface area contributed by atoms with Crippen molar-refractivity contribution in [1.29, 1.82) is 0 Å². The van der Waals surface area contributed by atoms with Crippen molar-refractivity contribution in [2.45, 2.75) is 92.9 Å². The number of benzene rings is 4. The molecule has 4 heteroatoms. The van der Waals surface area contributed by atoms with Crippen LogP contribution in [0.15, 0.2) is 107 Å². The van der Waals surface area contributed by atoms with Crippen LogP contribution in [0.2, 0.25) is 0 Å². The summed E-state index contributed by atoms with van der Waals surface area (Å²) in [5.74, 6) is 1.31. The van der Waals surface area contributed by atoms with Crippen LogP contribution in [0.25, 0.3) is 33.7 Å². The third kappa shape index (κ3) is 3.26. The largest absolute Gasteiger partial charge is 0.352 e. The van der Waals surface area contributed by atoms with Gasteiger partial charge < -0.3 is 0 Å². The standard InChI is InChI=1S/C43H41N3S/c1-40(2,3)26-18-20-27(21-19-26)45-33-16-12-17-34-37(33)46-36-31(25-30-35(38(36)47-34)42(6,7)23-22-41(30,4)5)43(39(45)46)29-14-9-8-13-28(29)32-15-10-11-24-44(32)43/h8-21,24-25H,22-23H2,1-7H3/q+2. The molecule has 3 aliphatic heterocycles. The smallest absolute Gasteiger partial charge is 0.185 e. The number of rotatable bonds is 1. The Hall–Kier alpha value is -4.15. The third-order valence-corrected chi connectivity index (χ3v) is 13.0. The minimum atomic E-state index is -0.534. The van der Waals surface area contributed by atoms with E-state index in [0.717, 1.165) is 0 Å². The van der Waals surface area contributed by atoms with E-state index in [1.54, 1.807) is 5.56 Å². The SMILES string of the molecule is CC(C)(C)c1ccc(-n2c3[n+]4c5c(cccc52)Sc2c-4c(cc4c2C(C)(C)CCC4(C)C)C32c3ccccc3-c3cccc[n+]32)cc1. The van der Waals surface area contributed by atoms with Gasteiger partial charge in [0.25, 0.3) is 0 Å². The maximum atomic E-state index is 2.69. The van der Waals surface area contributed by atoms with Crippen LogP contribution in [-0.4, -0.2) is 4.57 Å². The Bertz CT molecular complexity index is 2320. The Balaban J connectivity index is 1.45. The number of hydrogen-bond donors (Lipinski definition) is 0. The first-order valence-electron chi connectivity index (χ1n) is 17.2. The number of hydrogen-bond acceptors (Lipinski definition) is 1. The van der Waals surface area contributed by atoms with Gasteiger partial charge in [0.1, 0.15) is 5.69 Å². The predicted octanol–water partition coefficient (Wildman–Crippen LogP) is 9.44. The van der Waals surface area contributed by atoms with Gasteiger partial charge in [0.2, 0.25) is 5.69 Å². The van der Waals surface area contributed by atoms with Crippen molar-refractivity contribution >= 4 is 22.8 Å². The van der Waals surface area contributed by atoms with Crippen molar-refractivity contribution in [3.8, 4) is 22.6 Å². The van der Waals surface area contributed by atoms with Crippen molar-refractivity contribution in [1.82, 2.24) is 4.57 Å². The number of aromatic nitrogens is 3. The second kappa shape index (κ2) is 8.65. The van der Waals surface area contributed by atoms with E-state index in [4.69, 9.17) is 0 Å². The molecule has 0 radical (unpaired) electrons. The Kier molecular flexibility index (Phi) is 5.14.